The topological polar surface area (TPSA) is 102 Å². The molecule has 1 aromatic carbocycles. The molecule has 31 heavy (non-hydrogen) atoms. The molecule has 2 aromatic rings. The Morgan fingerprint density at radius 3 is 2.23 bits per heavy atom. The summed E-state index contributed by atoms with van der Waals surface area (Å²) in [6, 6.07) is 6.52. The van der Waals surface area contributed by atoms with Crippen molar-refractivity contribution in [2.24, 2.45) is 0 Å². The third kappa shape index (κ3) is 5.42. The summed E-state index contributed by atoms with van der Waals surface area (Å²) < 4.78 is 16.2. The van der Waals surface area contributed by atoms with Gasteiger partial charge in [0.15, 0.2) is 6.10 Å². The van der Waals surface area contributed by atoms with Crippen molar-refractivity contribution in [3.63, 3.8) is 0 Å². The number of ether oxygens (including phenoxy) is 2. The number of aryl methyl sites for hydroxylation is 2. The van der Waals surface area contributed by atoms with Crippen molar-refractivity contribution in [2.75, 3.05) is 26.2 Å². The van der Waals surface area contributed by atoms with E-state index in [9.17, 15) is 14.4 Å². The van der Waals surface area contributed by atoms with Gasteiger partial charge in [-0.1, -0.05) is 5.16 Å². The first-order valence-corrected chi connectivity index (χ1v) is 10.2. The van der Waals surface area contributed by atoms with Crippen LogP contribution in [-0.4, -0.2) is 65.0 Å². The Hall–Kier alpha value is -3.36. The lowest BCUT2D eigenvalue weighted by atomic mass is 10.2. The standard InChI is InChI=1S/C22H27N3O6/c1-14-20(15(2)31-23-14)13-29-19-7-5-18(6-8-19)22(28)30-16(3)21(27)25-11-9-24(10-12-25)17(4)26/h5-8,16H,9-13H2,1-4H3. The van der Waals surface area contributed by atoms with Crippen LogP contribution in [-0.2, 0) is 20.9 Å². The zero-order valence-corrected chi connectivity index (χ0v) is 18.2. The number of rotatable bonds is 6. The minimum absolute atomic E-state index is 0.00861. The number of nitrogens with zero attached hydrogens (tertiary/aromatic N) is 3. The maximum Gasteiger partial charge on any atom is 0.338 e. The zero-order chi connectivity index (χ0) is 22.5. The third-order valence-electron chi connectivity index (χ3n) is 5.32. The van der Waals surface area contributed by atoms with Crippen LogP contribution in [0.1, 0.15) is 41.2 Å². The van der Waals surface area contributed by atoms with Gasteiger partial charge in [0, 0.05) is 33.1 Å². The number of carbonyl (C=O) groups is 3. The van der Waals surface area contributed by atoms with Gasteiger partial charge in [-0.15, -0.1) is 0 Å². The maximum atomic E-state index is 12.6. The van der Waals surface area contributed by atoms with Crippen molar-refractivity contribution in [3.05, 3.63) is 46.8 Å². The maximum absolute atomic E-state index is 12.6. The lowest BCUT2D eigenvalue weighted by Gasteiger charge is -2.35. The number of esters is 1. The molecule has 0 N–H and O–H groups in total. The Kier molecular flexibility index (Phi) is 6.94. The molecule has 1 atom stereocenters. The SMILES string of the molecule is CC(=O)N1CCN(C(=O)C(C)OC(=O)c2ccc(OCc3c(C)noc3C)cc2)CC1. The highest BCUT2D eigenvalue weighted by atomic mass is 16.5. The summed E-state index contributed by atoms with van der Waals surface area (Å²) in [5, 5.41) is 3.89. The molecule has 1 unspecified atom stereocenters. The summed E-state index contributed by atoms with van der Waals surface area (Å²) in [7, 11) is 0. The van der Waals surface area contributed by atoms with E-state index in [4.69, 9.17) is 14.0 Å². The first kappa shape index (κ1) is 22.3. The quantitative estimate of drug-likeness (QED) is 0.648. The van der Waals surface area contributed by atoms with E-state index in [1.165, 1.54) is 6.92 Å². The minimum atomic E-state index is -0.910. The van der Waals surface area contributed by atoms with Crippen LogP contribution in [0.2, 0.25) is 0 Å². The van der Waals surface area contributed by atoms with Crippen molar-refractivity contribution in [3.8, 4) is 5.75 Å². The predicted octanol–water partition coefficient (Wildman–Crippen LogP) is 2.11. The number of aromatic nitrogens is 1. The molecule has 9 heteroatoms. The van der Waals surface area contributed by atoms with Gasteiger partial charge in [-0.3, -0.25) is 9.59 Å². The summed E-state index contributed by atoms with van der Waals surface area (Å²) in [6.45, 7) is 8.87. The van der Waals surface area contributed by atoms with Gasteiger partial charge in [0.1, 0.15) is 18.1 Å². The molecule has 166 valence electrons. The summed E-state index contributed by atoms with van der Waals surface area (Å²) in [6.07, 6.45) is -0.910. The van der Waals surface area contributed by atoms with Crippen molar-refractivity contribution in [2.45, 2.75) is 40.4 Å². The van der Waals surface area contributed by atoms with Gasteiger partial charge in [0.2, 0.25) is 5.91 Å². The van der Waals surface area contributed by atoms with Crippen LogP contribution in [0.15, 0.2) is 28.8 Å². The van der Waals surface area contributed by atoms with E-state index in [2.05, 4.69) is 5.16 Å². The highest BCUT2D eigenvalue weighted by molar-refractivity contribution is 5.92. The summed E-state index contributed by atoms with van der Waals surface area (Å²) in [5.41, 5.74) is 1.99. The molecular weight excluding hydrogens is 402 g/mol. The van der Waals surface area contributed by atoms with Crippen LogP contribution in [0.3, 0.4) is 0 Å². The van der Waals surface area contributed by atoms with E-state index in [0.29, 0.717) is 49.9 Å². The first-order chi connectivity index (χ1) is 14.8. The van der Waals surface area contributed by atoms with Crippen molar-refractivity contribution < 1.29 is 28.4 Å². The second-order valence-electron chi connectivity index (χ2n) is 7.49. The molecular formula is C22H27N3O6. The Bertz CT molecular complexity index is 925. The van der Waals surface area contributed by atoms with Gasteiger partial charge < -0.3 is 23.8 Å². The number of benzene rings is 1. The minimum Gasteiger partial charge on any atom is -0.489 e. The highest BCUT2D eigenvalue weighted by Gasteiger charge is 2.28. The molecule has 1 fully saturated rings. The Balaban J connectivity index is 1.50. The summed E-state index contributed by atoms with van der Waals surface area (Å²) in [5.74, 6) is 0.435. The van der Waals surface area contributed by atoms with Crippen LogP contribution in [0.4, 0.5) is 0 Å². The third-order valence-corrected chi connectivity index (χ3v) is 5.32. The predicted molar refractivity (Wildman–Crippen MR) is 110 cm³/mol. The van der Waals surface area contributed by atoms with Crippen LogP contribution in [0.25, 0.3) is 0 Å². The van der Waals surface area contributed by atoms with Gasteiger partial charge in [-0.2, -0.15) is 0 Å². The average Bonchev–Trinajstić information content (AvgIpc) is 3.09. The highest BCUT2D eigenvalue weighted by Crippen LogP contribution is 2.18. The second-order valence-corrected chi connectivity index (χ2v) is 7.49. The van der Waals surface area contributed by atoms with Gasteiger partial charge in [-0.05, 0) is 45.0 Å². The number of hydrogen-bond acceptors (Lipinski definition) is 7. The van der Waals surface area contributed by atoms with E-state index < -0.39 is 12.1 Å². The number of hydrogen-bond donors (Lipinski definition) is 0. The Morgan fingerprint density at radius 2 is 1.68 bits per heavy atom. The first-order valence-electron chi connectivity index (χ1n) is 10.2. The average molecular weight is 429 g/mol. The number of amides is 2. The largest absolute Gasteiger partial charge is 0.489 e. The molecule has 0 radical (unpaired) electrons. The molecule has 1 aliphatic rings. The van der Waals surface area contributed by atoms with Gasteiger partial charge in [0.05, 0.1) is 16.8 Å². The fourth-order valence-electron chi connectivity index (χ4n) is 3.33. The van der Waals surface area contributed by atoms with E-state index >= 15 is 0 Å². The molecule has 3 rings (SSSR count). The Labute approximate surface area is 180 Å². The van der Waals surface area contributed by atoms with Gasteiger partial charge in [0.25, 0.3) is 5.91 Å². The molecule has 1 saturated heterocycles. The van der Waals surface area contributed by atoms with Crippen molar-refractivity contribution in [1.82, 2.24) is 15.0 Å². The van der Waals surface area contributed by atoms with E-state index in [1.807, 2.05) is 13.8 Å². The Morgan fingerprint density at radius 1 is 1.06 bits per heavy atom. The molecule has 2 heterocycles. The van der Waals surface area contributed by atoms with Crippen LogP contribution >= 0.6 is 0 Å². The lowest BCUT2D eigenvalue weighted by molar-refractivity contribution is -0.144. The molecule has 9 nitrogen and oxygen atoms in total. The summed E-state index contributed by atoms with van der Waals surface area (Å²) in [4.78, 5) is 39.7. The molecule has 0 aliphatic carbocycles. The normalized spacial score (nSPS) is 14.8. The lowest BCUT2D eigenvalue weighted by Crippen LogP contribution is -2.52. The van der Waals surface area contributed by atoms with Crippen molar-refractivity contribution >= 4 is 17.8 Å². The molecule has 1 aromatic heterocycles. The smallest absolute Gasteiger partial charge is 0.338 e. The molecule has 0 spiro atoms. The molecule has 0 bridgehead atoms. The van der Waals surface area contributed by atoms with Crippen LogP contribution in [0, 0.1) is 13.8 Å². The fraction of sp³-hybridized carbons (Fsp3) is 0.455. The van der Waals surface area contributed by atoms with Crippen LogP contribution in [0.5, 0.6) is 5.75 Å². The fourth-order valence-corrected chi connectivity index (χ4v) is 3.33. The van der Waals surface area contributed by atoms with Gasteiger partial charge in [-0.25, -0.2) is 4.79 Å². The molecule has 0 saturated carbocycles. The number of piperazine rings is 1. The molecule has 1 aliphatic heterocycles. The second kappa shape index (κ2) is 9.63. The van der Waals surface area contributed by atoms with Crippen LogP contribution < -0.4 is 4.74 Å². The summed E-state index contributed by atoms with van der Waals surface area (Å²) >= 11 is 0. The van der Waals surface area contributed by atoms with E-state index in [0.717, 1.165) is 11.3 Å². The number of carbonyl (C=O) groups excluding carboxylic acids is 3. The molecule has 2 amide bonds. The van der Waals surface area contributed by atoms with E-state index in [-0.39, 0.29) is 11.8 Å². The van der Waals surface area contributed by atoms with Crippen molar-refractivity contribution in [1.29, 1.82) is 0 Å². The zero-order valence-electron chi connectivity index (χ0n) is 18.2. The van der Waals surface area contributed by atoms with E-state index in [1.54, 1.807) is 41.0 Å². The monoisotopic (exact) mass is 429 g/mol. The van der Waals surface area contributed by atoms with Gasteiger partial charge >= 0.3 is 5.97 Å².